The molecule has 0 bridgehead atoms. The highest BCUT2D eigenvalue weighted by molar-refractivity contribution is 9.10. The van der Waals surface area contributed by atoms with Crippen molar-refractivity contribution in [2.75, 3.05) is 11.9 Å². The molecule has 1 aromatic carbocycles. The highest BCUT2D eigenvalue weighted by Gasteiger charge is 2.66. The number of amides is 3. The average molecular weight is 650 g/mol. The highest BCUT2D eigenvalue weighted by Crippen LogP contribution is 2.60. The molecule has 3 amide bonds. The van der Waals surface area contributed by atoms with Crippen LogP contribution in [0.25, 0.3) is 21.3 Å². The monoisotopic (exact) mass is 649 g/mol. The predicted molar refractivity (Wildman–Crippen MR) is 157 cm³/mol. The third-order valence-electron chi connectivity index (χ3n) is 8.21. The number of aryl methyl sites for hydroxylation is 1. The quantitative estimate of drug-likeness (QED) is 0.114. The number of piperidine rings is 1. The molecule has 2 saturated carbocycles. The first-order valence-electron chi connectivity index (χ1n) is 13.8. The van der Waals surface area contributed by atoms with E-state index in [-0.39, 0.29) is 48.3 Å². The summed E-state index contributed by atoms with van der Waals surface area (Å²) in [6, 6.07) is 7.38. The third kappa shape index (κ3) is 5.65. The number of Topliss-reactive ketones (excluding diaryl/α,β-unsaturated/α-hetero) is 1. The first-order valence-corrected chi connectivity index (χ1v) is 14.6. The zero-order valence-electron chi connectivity index (χ0n) is 23.4. The van der Waals surface area contributed by atoms with Gasteiger partial charge in [-0.1, -0.05) is 11.2 Å². The molecule has 3 aliphatic rings. The molecule has 43 heavy (non-hydrogen) atoms. The van der Waals surface area contributed by atoms with E-state index in [4.69, 9.17) is 10.3 Å². The number of halogens is 1. The molecule has 222 valence electrons. The maximum atomic E-state index is 13.9. The van der Waals surface area contributed by atoms with Gasteiger partial charge in [0.05, 0.1) is 5.52 Å². The first kappa shape index (κ1) is 28.6. The Morgan fingerprint density at radius 2 is 2.00 bits per heavy atom. The second kappa shape index (κ2) is 11.0. The molecule has 2 N–H and O–H groups in total. The number of carbonyl (C=O) groups excluding carboxylic acids is 4. The number of pyridine rings is 1. The molecule has 15 heteroatoms. The van der Waals surface area contributed by atoms with Crippen LogP contribution in [0.2, 0.25) is 0 Å². The Hall–Kier alpha value is -4.49. The third-order valence-corrected chi connectivity index (χ3v) is 8.65. The van der Waals surface area contributed by atoms with Crippen molar-refractivity contribution in [2.24, 2.45) is 10.5 Å². The average Bonchev–Trinajstić information content (AvgIpc) is 3.85. The number of fused-ring (bicyclic) bond motifs is 2. The molecule has 1 saturated heterocycles. The second-order valence-corrected chi connectivity index (χ2v) is 12.1. The van der Waals surface area contributed by atoms with Gasteiger partial charge < -0.3 is 20.3 Å². The molecule has 3 atom stereocenters. The maximum absolute atomic E-state index is 13.9. The zero-order chi connectivity index (χ0) is 30.5. The summed E-state index contributed by atoms with van der Waals surface area (Å²) in [4.78, 5) is 60.9. The molecule has 14 nitrogen and oxygen atoms in total. The van der Waals surface area contributed by atoms with Crippen LogP contribution in [0.4, 0.5) is 10.6 Å². The number of ether oxygens (including phenoxy) is 1. The number of carbonyl (C=O) groups is 4. The van der Waals surface area contributed by atoms with Gasteiger partial charge in [0.2, 0.25) is 11.8 Å². The molecular weight excluding hydrogens is 622 g/mol. The molecule has 3 aromatic rings. The van der Waals surface area contributed by atoms with Gasteiger partial charge in [0.1, 0.15) is 34.5 Å². The zero-order valence-corrected chi connectivity index (χ0v) is 25.0. The SMILES string of the molecule is CC(=O)c1nn(CC(=O)N2[C@H](C(=O)Nc3nc(Br)ccc3C)C[C@@]3(CN=[N+]=[N-])C[C@@H]23)c2ccc(OC(=O)NC3CC3)cc12. The van der Waals surface area contributed by atoms with Crippen LogP contribution in [0.3, 0.4) is 0 Å². The Morgan fingerprint density at radius 3 is 2.72 bits per heavy atom. The molecule has 1 aliphatic heterocycles. The van der Waals surface area contributed by atoms with Gasteiger partial charge in [0.25, 0.3) is 0 Å². The summed E-state index contributed by atoms with van der Waals surface area (Å²) in [5.74, 6) is -0.456. The molecule has 0 radical (unpaired) electrons. The molecule has 0 spiro atoms. The largest absolute Gasteiger partial charge is 0.412 e. The summed E-state index contributed by atoms with van der Waals surface area (Å²) in [7, 11) is 0. The number of azide groups is 1. The van der Waals surface area contributed by atoms with Crippen molar-refractivity contribution in [1.29, 1.82) is 0 Å². The standard InChI is InChI=1S/C28H28BrN9O5/c1-14-3-8-22(29)33-25(14)34-26(41)20-10-28(13-31-36-30)11-21(28)38(20)23(40)12-37-19-7-6-17(43-27(42)32-16-4-5-16)9-18(19)24(35-37)15(2)39/h3,6-9,16,20-21H,4-5,10-13H2,1-2H3,(H,32,42)(H,33,34,41)/t20-,21+,28-/m0/s1. The minimum Gasteiger partial charge on any atom is -0.410 e. The number of benzene rings is 1. The lowest BCUT2D eigenvalue weighted by Crippen LogP contribution is -2.47. The van der Waals surface area contributed by atoms with E-state index >= 15 is 0 Å². The number of rotatable bonds is 9. The normalized spacial score (nSPS) is 22.0. The van der Waals surface area contributed by atoms with Crippen molar-refractivity contribution in [3.8, 4) is 5.75 Å². The topological polar surface area (TPSA) is 184 Å². The smallest absolute Gasteiger partial charge is 0.410 e. The predicted octanol–water partition coefficient (Wildman–Crippen LogP) is 4.26. The Bertz CT molecular complexity index is 1730. The van der Waals surface area contributed by atoms with Crippen molar-refractivity contribution >= 4 is 56.3 Å². The van der Waals surface area contributed by atoms with Crippen molar-refractivity contribution < 1.29 is 23.9 Å². The Labute approximate surface area is 253 Å². The molecule has 6 rings (SSSR count). The van der Waals surface area contributed by atoms with Crippen molar-refractivity contribution in [2.45, 2.75) is 64.2 Å². The fourth-order valence-electron chi connectivity index (χ4n) is 5.79. The van der Waals surface area contributed by atoms with Crippen molar-refractivity contribution in [1.82, 2.24) is 25.0 Å². The maximum Gasteiger partial charge on any atom is 0.412 e. The Morgan fingerprint density at radius 1 is 1.21 bits per heavy atom. The minimum atomic E-state index is -0.820. The van der Waals surface area contributed by atoms with Gasteiger partial charge in [-0.05, 0) is 83.9 Å². The van der Waals surface area contributed by atoms with Crippen LogP contribution in [0.5, 0.6) is 5.75 Å². The molecule has 2 aromatic heterocycles. The number of hydrogen-bond donors (Lipinski definition) is 2. The van der Waals surface area contributed by atoms with E-state index < -0.39 is 23.5 Å². The second-order valence-electron chi connectivity index (χ2n) is 11.3. The fourth-order valence-corrected chi connectivity index (χ4v) is 6.10. The number of anilines is 1. The van der Waals surface area contributed by atoms with Crippen molar-refractivity contribution in [3.63, 3.8) is 0 Å². The van der Waals surface area contributed by atoms with E-state index in [1.165, 1.54) is 11.6 Å². The lowest BCUT2D eigenvalue weighted by atomic mass is 9.99. The summed E-state index contributed by atoms with van der Waals surface area (Å²) in [5, 5.41) is 14.2. The number of nitrogens with one attached hydrogen (secondary N) is 2. The number of hydrogen-bond acceptors (Lipinski definition) is 8. The van der Waals surface area contributed by atoms with E-state index in [1.807, 2.05) is 13.0 Å². The molecule has 3 heterocycles. The molecular formula is C28H28BrN9O5. The van der Waals surface area contributed by atoms with Crippen LogP contribution >= 0.6 is 15.9 Å². The summed E-state index contributed by atoms with van der Waals surface area (Å²) < 4.78 is 7.37. The van der Waals surface area contributed by atoms with Crippen LogP contribution in [0.15, 0.2) is 40.0 Å². The van der Waals surface area contributed by atoms with Crippen LogP contribution in [0, 0.1) is 12.3 Å². The van der Waals surface area contributed by atoms with Gasteiger partial charge in [-0.3, -0.25) is 19.1 Å². The number of aromatic nitrogens is 3. The van der Waals surface area contributed by atoms with Crippen molar-refractivity contribution in [3.05, 3.63) is 56.6 Å². The highest BCUT2D eigenvalue weighted by atomic mass is 79.9. The Kier molecular flexibility index (Phi) is 7.30. The van der Waals surface area contributed by atoms with Gasteiger partial charge >= 0.3 is 6.09 Å². The van der Waals surface area contributed by atoms with Gasteiger partial charge in [0, 0.05) is 41.3 Å². The summed E-state index contributed by atoms with van der Waals surface area (Å²) in [6.45, 7) is 3.12. The first-order chi connectivity index (χ1) is 20.6. The van der Waals surface area contributed by atoms with Gasteiger partial charge in [0.15, 0.2) is 5.78 Å². The molecule has 0 unspecified atom stereocenters. The summed E-state index contributed by atoms with van der Waals surface area (Å²) in [6.07, 6.45) is 2.20. The fraction of sp³-hybridized carbons (Fsp3) is 0.429. The lowest BCUT2D eigenvalue weighted by Gasteiger charge is -2.27. The van der Waals surface area contributed by atoms with E-state index in [0.717, 1.165) is 18.4 Å². The van der Waals surface area contributed by atoms with Crippen LogP contribution in [0.1, 0.15) is 48.7 Å². The summed E-state index contributed by atoms with van der Waals surface area (Å²) in [5.41, 5.74) is 9.84. The van der Waals surface area contributed by atoms with E-state index in [1.54, 1.807) is 29.2 Å². The van der Waals surface area contributed by atoms with Gasteiger partial charge in [-0.15, -0.1) is 0 Å². The van der Waals surface area contributed by atoms with E-state index in [0.29, 0.717) is 34.2 Å². The Balaban J connectivity index is 1.26. The van der Waals surface area contributed by atoms with Crippen LogP contribution < -0.4 is 15.4 Å². The molecule has 3 fully saturated rings. The minimum absolute atomic E-state index is 0.126. The van der Waals surface area contributed by atoms with Crippen LogP contribution in [-0.4, -0.2) is 68.0 Å². The lowest BCUT2D eigenvalue weighted by molar-refractivity contribution is -0.138. The van der Waals surface area contributed by atoms with Gasteiger partial charge in [-0.25, -0.2) is 9.78 Å². The van der Waals surface area contributed by atoms with E-state index in [9.17, 15) is 19.2 Å². The molecule has 2 aliphatic carbocycles. The van der Waals surface area contributed by atoms with Crippen LogP contribution in [-0.2, 0) is 16.1 Å². The van der Waals surface area contributed by atoms with Gasteiger partial charge in [-0.2, -0.15) is 5.10 Å². The summed E-state index contributed by atoms with van der Waals surface area (Å²) >= 11 is 3.32. The van der Waals surface area contributed by atoms with E-state index in [2.05, 4.69) is 46.7 Å². The number of likely N-dealkylation sites (tertiary alicyclic amines) is 1. The number of nitrogens with zero attached hydrogens (tertiary/aromatic N) is 7. The number of ketones is 1.